The second kappa shape index (κ2) is 5.78. The first kappa shape index (κ1) is 17.7. The van der Waals surface area contributed by atoms with E-state index in [1.165, 1.54) is 0 Å². The molecule has 0 nitrogen and oxygen atoms in total. The third-order valence-corrected chi connectivity index (χ3v) is 9.95. The van der Waals surface area contributed by atoms with Crippen molar-refractivity contribution < 1.29 is 0 Å². The van der Waals surface area contributed by atoms with Crippen molar-refractivity contribution in [3.8, 4) is 0 Å². The van der Waals surface area contributed by atoms with E-state index in [4.69, 9.17) is 0 Å². The molecule has 0 saturated carbocycles. The molecule has 3 heteroatoms. The minimum absolute atomic E-state index is 1.26. The number of rotatable bonds is 3. The molecule has 0 radical (unpaired) electrons. The fourth-order valence-electron chi connectivity index (χ4n) is 2.11. The van der Waals surface area contributed by atoms with E-state index in [0.717, 1.165) is 0 Å². The van der Waals surface area contributed by atoms with Gasteiger partial charge in [0, 0.05) is 0 Å². The van der Waals surface area contributed by atoms with Crippen LogP contribution in [0.4, 0.5) is 0 Å². The highest BCUT2D eigenvalue weighted by atomic mass is 28.3. The van der Waals surface area contributed by atoms with Gasteiger partial charge >= 0.3 is 0 Å². The van der Waals surface area contributed by atoms with Crippen molar-refractivity contribution >= 4 is 24.2 Å². The van der Waals surface area contributed by atoms with Gasteiger partial charge in [0.25, 0.3) is 0 Å². The van der Waals surface area contributed by atoms with E-state index in [1.54, 1.807) is 15.6 Å². The van der Waals surface area contributed by atoms with Crippen LogP contribution >= 0.6 is 0 Å². The molecule has 1 aliphatic rings. The smallest absolute Gasteiger partial charge is 0.0656 e. The van der Waals surface area contributed by atoms with Crippen LogP contribution in [0.25, 0.3) is 0 Å². The monoisotopic (exact) mass is 320 g/mol. The topological polar surface area (TPSA) is 0 Å². The van der Waals surface area contributed by atoms with Crippen LogP contribution in [-0.2, 0) is 0 Å². The summed E-state index contributed by atoms with van der Waals surface area (Å²) in [6, 6.07) is 0. The van der Waals surface area contributed by atoms with Gasteiger partial charge < -0.3 is 0 Å². The molecule has 0 atom stereocenters. The first-order valence-corrected chi connectivity index (χ1v) is 18.1. The van der Waals surface area contributed by atoms with Crippen molar-refractivity contribution in [2.24, 2.45) is 0 Å². The molecule has 0 heterocycles. The Bertz CT molecular complexity index is 484. The number of hydrogen-bond donors (Lipinski definition) is 0. The molecule has 0 spiro atoms. The average Bonchev–Trinajstić information content (AvgIpc) is 2.09. The molecular weight excluding hydrogens is 288 g/mol. The SMILES string of the molecule is C[Si](C)(C)C1=CC(/[Si](C)(C)C)=C/C=C([Si](C)(C)C)\C=C/1. The summed E-state index contributed by atoms with van der Waals surface area (Å²) in [5.41, 5.74) is 0. The number of allylic oxidation sites excluding steroid dienone is 8. The lowest BCUT2D eigenvalue weighted by molar-refractivity contribution is 1.54. The van der Waals surface area contributed by atoms with Crippen molar-refractivity contribution in [3.63, 3.8) is 0 Å². The molecule has 0 N–H and O–H groups in total. The molecule has 0 fully saturated rings. The maximum atomic E-state index is 2.51. The summed E-state index contributed by atoms with van der Waals surface area (Å²) in [6.07, 6.45) is 12.1. The molecule has 0 aromatic rings. The Morgan fingerprint density at radius 1 is 0.500 bits per heavy atom. The van der Waals surface area contributed by atoms with Crippen molar-refractivity contribution in [1.82, 2.24) is 0 Å². The Labute approximate surface area is 129 Å². The highest BCUT2D eigenvalue weighted by molar-refractivity contribution is 6.86. The molecule has 1 rings (SSSR count). The van der Waals surface area contributed by atoms with Crippen molar-refractivity contribution in [2.45, 2.75) is 58.9 Å². The lowest BCUT2D eigenvalue weighted by atomic mass is 10.3. The molecule has 0 aliphatic heterocycles. The van der Waals surface area contributed by atoms with Gasteiger partial charge in [0.05, 0.1) is 24.2 Å². The van der Waals surface area contributed by atoms with Gasteiger partial charge in [0.1, 0.15) is 0 Å². The zero-order valence-corrected chi connectivity index (χ0v) is 17.9. The largest absolute Gasteiger partial charge is 0.0775 e. The van der Waals surface area contributed by atoms with Crippen LogP contribution in [0.3, 0.4) is 0 Å². The third-order valence-electron chi connectivity index (χ3n) is 3.79. The van der Waals surface area contributed by atoms with Gasteiger partial charge in [-0.1, -0.05) is 105 Å². The molecule has 112 valence electrons. The van der Waals surface area contributed by atoms with E-state index in [0.29, 0.717) is 0 Å². The molecule has 0 unspecified atom stereocenters. The minimum atomic E-state index is -1.28. The molecule has 0 bridgehead atoms. The Balaban J connectivity index is 3.42. The van der Waals surface area contributed by atoms with Crippen LogP contribution < -0.4 is 0 Å². The van der Waals surface area contributed by atoms with Crippen LogP contribution in [0, 0.1) is 0 Å². The quantitative estimate of drug-likeness (QED) is 0.562. The standard InChI is InChI=1S/C17H32Si3/c1-18(2,3)15-10-12-16(19(4,5)6)14-17(13-11-15)20(7,8)9/h10-14H,1-9H3/b12-10-,13-11?,15-10?,15-11+,16-12?,16-14?,17-13-,17-14?. The zero-order valence-electron chi connectivity index (χ0n) is 14.9. The first-order chi connectivity index (χ1) is 8.82. The molecule has 20 heavy (non-hydrogen) atoms. The van der Waals surface area contributed by atoms with Gasteiger partial charge in [-0.3, -0.25) is 0 Å². The normalized spacial score (nSPS) is 24.8. The Morgan fingerprint density at radius 3 is 1.25 bits per heavy atom. The molecule has 0 aromatic heterocycles. The van der Waals surface area contributed by atoms with Gasteiger partial charge in [-0.15, -0.1) is 0 Å². The first-order valence-electron chi connectivity index (χ1n) is 7.65. The summed E-state index contributed by atoms with van der Waals surface area (Å²) in [6.45, 7) is 22.0. The van der Waals surface area contributed by atoms with Crippen molar-refractivity contribution in [2.75, 3.05) is 0 Å². The van der Waals surface area contributed by atoms with E-state index in [-0.39, 0.29) is 0 Å². The molecular formula is C17H32Si3. The second-order valence-electron chi connectivity index (χ2n) is 8.93. The van der Waals surface area contributed by atoms with Crippen LogP contribution in [-0.4, -0.2) is 24.2 Å². The third kappa shape index (κ3) is 4.86. The maximum Gasteiger partial charge on any atom is 0.0775 e. The highest BCUT2D eigenvalue weighted by Gasteiger charge is 2.24. The Hall–Kier alpha value is -0.389. The molecule has 0 amide bonds. The average molecular weight is 321 g/mol. The fourth-order valence-corrected chi connectivity index (χ4v) is 5.77. The predicted molar refractivity (Wildman–Crippen MR) is 103 cm³/mol. The van der Waals surface area contributed by atoms with E-state index in [1.807, 2.05) is 0 Å². The number of hydrogen-bond acceptors (Lipinski definition) is 0. The molecule has 1 aliphatic carbocycles. The van der Waals surface area contributed by atoms with E-state index in [9.17, 15) is 0 Å². The van der Waals surface area contributed by atoms with Gasteiger partial charge in [-0.2, -0.15) is 0 Å². The predicted octanol–water partition coefficient (Wildman–Crippen LogP) is 5.97. The van der Waals surface area contributed by atoms with Gasteiger partial charge in [0.15, 0.2) is 0 Å². The highest BCUT2D eigenvalue weighted by Crippen LogP contribution is 2.27. The van der Waals surface area contributed by atoms with Crippen LogP contribution in [0.2, 0.25) is 58.9 Å². The summed E-state index contributed by atoms with van der Waals surface area (Å²) in [5.74, 6) is 0. The van der Waals surface area contributed by atoms with Crippen molar-refractivity contribution in [1.29, 1.82) is 0 Å². The lowest BCUT2D eigenvalue weighted by Gasteiger charge is -2.26. The van der Waals surface area contributed by atoms with E-state index >= 15 is 0 Å². The zero-order chi connectivity index (χ0) is 15.8. The van der Waals surface area contributed by atoms with Crippen LogP contribution in [0.1, 0.15) is 0 Å². The van der Waals surface area contributed by atoms with Gasteiger partial charge in [-0.25, -0.2) is 0 Å². The molecule has 0 aromatic carbocycles. The summed E-state index contributed by atoms with van der Waals surface area (Å²) in [7, 11) is -3.81. The van der Waals surface area contributed by atoms with Gasteiger partial charge in [-0.05, 0) is 0 Å². The van der Waals surface area contributed by atoms with Crippen LogP contribution in [0.5, 0.6) is 0 Å². The van der Waals surface area contributed by atoms with E-state index in [2.05, 4.69) is 89.3 Å². The summed E-state index contributed by atoms with van der Waals surface area (Å²) in [4.78, 5) is 0. The van der Waals surface area contributed by atoms with Crippen molar-refractivity contribution in [3.05, 3.63) is 46.0 Å². The maximum absolute atomic E-state index is 2.51. The second-order valence-corrected chi connectivity index (χ2v) is 24.2. The summed E-state index contributed by atoms with van der Waals surface area (Å²) in [5, 5.41) is 4.75. The minimum Gasteiger partial charge on any atom is -0.0656 e. The lowest BCUT2D eigenvalue weighted by Crippen LogP contribution is -2.28. The van der Waals surface area contributed by atoms with E-state index < -0.39 is 24.2 Å². The van der Waals surface area contributed by atoms with Crippen LogP contribution in [0.15, 0.2) is 46.0 Å². The Morgan fingerprint density at radius 2 is 0.850 bits per heavy atom. The molecule has 0 saturated heterocycles. The summed E-state index contributed by atoms with van der Waals surface area (Å²) < 4.78 is 0. The Kier molecular flexibility index (Phi) is 5.10. The summed E-state index contributed by atoms with van der Waals surface area (Å²) >= 11 is 0. The fraction of sp³-hybridized carbons (Fsp3) is 0.529. The van der Waals surface area contributed by atoms with Gasteiger partial charge in [0.2, 0.25) is 0 Å².